The number of carbonyl (C=O) groups is 2. The van der Waals surface area contributed by atoms with Gasteiger partial charge in [0.25, 0.3) is 0 Å². The number of hydrogen-bond acceptors (Lipinski definition) is 3. The molecule has 2 aromatic carbocycles. The number of amides is 3. The molecule has 7 nitrogen and oxygen atoms in total. The number of aromatic nitrogens is 2. The van der Waals surface area contributed by atoms with Crippen molar-refractivity contribution in [2.75, 3.05) is 23.7 Å². The number of rotatable bonds is 8. The van der Waals surface area contributed by atoms with Gasteiger partial charge in [-0.15, -0.1) is 0 Å². The highest BCUT2D eigenvalue weighted by Crippen LogP contribution is 2.27. The van der Waals surface area contributed by atoms with Crippen LogP contribution in [0.5, 0.6) is 0 Å². The minimum Gasteiger partial charge on any atom is -0.315 e. The fourth-order valence-electron chi connectivity index (χ4n) is 3.86. The molecule has 0 spiro atoms. The lowest BCUT2D eigenvalue weighted by Gasteiger charge is -2.23. The molecule has 0 aliphatic heterocycles. The highest BCUT2D eigenvalue weighted by Gasteiger charge is 2.23. The fraction of sp³-hybridized carbons (Fsp3) is 0.414. The van der Waals surface area contributed by atoms with E-state index in [1.165, 1.54) is 0 Å². The molecule has 36 heavy (non-hydrogen) atoms. The predicted octanol–water partition coefficient (Wildman–Crippen LogP) is 6.37. The summed E-state index contributed by atoms with van der Waals surface area (Å²) in [4.78, 5) is 27.9. The van der Waals surface area contributed by atoms with Crippen LogP contribution in [0.1, 0.15) is 62.9 Å². The highest BCUT2D eigenvalue weighted by molar-refractivity contribution is 5.97. The van der Waals surface area contributed by atoms with Gasteiger partial charge in [0.2, 0.25) is 5.91 Å². The maximum absolute atomic E-state index is 13.2. The van der Waals surface area contributed by atoms with Crippen molar-refractivity contribution in [2.24, 2.45) is 0 Å². The van der Waals surface area contributed by atoms with Gasteiger partial charge in [0.05, 0.1) is 11.4 Å². The lowest BCUT2D eigenvalue weighted by atomic mass is 9.92. The summed E-state index contributed by atoms with van der Waals surface area (Å²) >= 11 is 0. The third-order valence-electron chi connectivity index (χ3n) is 6.34. The van der Waals surface area contributed by atoms with E-state index >= 15 is 0 Å². The maximum atomic E-state index is 13.2. The van der Waals surface area contributed by atoms with Crippen molar-refractivity contribution >= 4 is 23.4 Å². The van der Waals surface area contributed by atoms with Gasteiger partial charge in [-0.05, 0) is 56.0 Å². The monoisotopic (exact) mass is 489 g/mol. The number of benzene rings is 2. The molecular weight excluding hydrogens is 450 g/mol. The Labute approximate surface area is 214 Å². The molecule has 3 rings (SSSR count). The van der Waals surface area contributed by atoms with Crippen LogP contribution in [-0.4, -0.2) is 39.7 Å². The standard InChI is InChI=1S/C29H39N5O2/c1-8-9-17-33(28(36)30-23-15-12-14-20(2)22(23)4)19-27(35)31-26-18-25(29(5,6)7)32-34(26)24-16-11-10-13-21(24)3/h10-16,18H,8-9,17,19H2,1-7H3,(H,30,36)(H,31,35). The first-order valence-corrected chi connectivity index (χ1v) is 12.6. The van der Waals surface area contributed by atoms with E-state index < -0.39 is 0 Å². The summed E-state index contributed by atoms with van der Waals surface area (Å²) < 4.78 is 1.78. The Bertz CT molecular complexity index is 1220. The van der Waals surface area contributed by atoms with Gasteiger partial charge in [-0.1, -0.05) is 64.4 Å². The molecule has 0 saturated carbocycles. The van der Waals surface area contributed by atoms with Crippen molar-refractivity contribution < 1.29 is 9.59 Å². The minimum absolute atomic E-state index is 0.0551. The third kappa shape index (κ3) is 6.53. The van der Waals surface area contributed by atoms with Crippen molar-refractivity contribution in [1.82, 2.24) is 14.7 Å². The second kappa shape index (κ2) is 11.4. The summed E-state index contributed by atoms with van der Waals surface area (Å²) in [7, 11) is 0. The maximum Gasteiger partial charge on any atom is 0.322 e. The zero-order valence-electron chi connectivity index (χ0n) is 22.6. The van der Waals surface area contributed by atoms with E-state index in [2.05, 4.69) is 38.3 Å². The SMILES string of the molecule is CCCCN(CC(=O)Nc1cc(C(C)(C)C)nn1-c1ccccc1C)C(=O)Nc1cccc(C)c1C. The van der Waals surface area contributed by atoms with Gasteiger partial charge in [0.15, 0.2) is 0 Å². The molecule has 1 heterocycles. The first kappa shape index (κ1) is 27.0. The third-order valence-corrected chi connectivity index (χ3v) is 6.34. The van der Waals surface area contributed by atoms with Crippen LogP contribution in [0.15, 0.2) is 48.5 Å². The average molecular weight is 490 g/mol. The van der Waals surface area contributed by atoms with Crippen LogP contribution in [0.4, 0.5) is 16.3 Å². The summed E-state index contributed by atoms with van der Waals surface area (Å²) in [5.74, 6) is 0.321. The van der Waals surface area contributed by atoms with Crippen molar-refractivity contribution in [3.05, 3.63) is 70.9 Å². The molecule has 0 fully saturated rings. The Morgan fingerprint density at radius 1 is 0.972 bits per heavy atom. The summed E-state index contributed by atoms with van der Waals surface area (Å²) in [5, 5.41) is 10.8. The molecule has 7 heteroatoms. The fourth-order valence-corrected chi connectivity index (χ4v) is 3.86. The second-order valence-corrected chi connectivity index (χ2v) is 10.4. The van der Waals surface area contributed by atoms with Crippen LogP contribution in [0.2, 0.25) is 0 Å². The number of carbonyl (C=O) groups excluding carboxylic acids is 2. The van der Waals surface area contributed by atoms with Crippen LogP contribution in [0.3, 0.4) is 0 Å². The molecule has 2 N–H and O–H groups in total. The Morgan fingerprint density at radius 3 is 2.33 bits per heavy atom. The smallest absolute Gasteiger partial charge is 0.315 e. The summed E-state index contributed by atoms with van der Waals surface area (Å²) in [5.41, 5.74) is 5.51. The molecule has 0 bridgehead atoms. The zero-order valence-corrected chi connectivity index (χ0v) is 22.6. The molecule has 0 radical (unpaired) electrons. The molecule has 0 aliphatic carbocycles. The van der Waals surface area contributed by atoms with Crippen LogP contribution in [0.25, 0.3) is 5.69 Å². The minimum atomic E-state index is -0.282. The van der Waals surface area contributed by atoms with E-state index in [-0.39, 0.29) is 23.9 Å². The molecule has 0 unspecified atom stereocenters. The van der Waals surface area contributed by atoms with Crippen molar-refractivity contribution in [1.29, 1.82) is 0 Å². The number of unbranched alkanes of at least 4 members (excludes halogenated alkanes) is 1. The molecule has 0 atom stereocenters. The molecule has 0 saturated heterocycles. The topological polar surface area (TPSA) is 79.3 Å². The number of aryl methyl sites for hydroxylation is 2. The lowest BCUT2D eigenvalue weighted by molar-refractivity contribution is -0.116. The number of nitrogens with zero attached hydrogens (tertiary/aromatic N) is 3. The Morgan fingerprint density at radius 2 is 1.67 bits per heavy atom. The Kier molecular flexibility index (Phi) is 8.56. The van der Waals surface area contributed by atoms with E-state index in [1.54, 1.807) is 9.58 Å². The Balaban J connectivity index is 1.83. The number of urea groups is 1. The molecular formula is C29H39N5O2. The molecule has 3 amide bonds. The second-order valence-electron chi connectivity index (χ2n) is 10.4. The quantitative estimate of drug-likeness (QED) is 0.386. The largest absolute Gasteiger partial charge is 0.322 e. The number of anilines is 2. The normalized spacial score (nSPS) is 11.3. The van der Waals surface area contributed by atoms with Gasteiger partial charge in [-0.25, -0.2) is 9.48 Å². The summed E-state index contributed by atoms with van der Waals surface area (Å²) in [6, 6.07) is 15.4. The van der Waals surface area contributed by atoms with Crippen LogP contribution in [-0.2, 0) is 10.2 Å². The van der Waals surface area contributed by atoms with E-state index in [0.717, 1.165) is 46.6 Å². The molecule has 0 aliphatic rings. The predicted molar refractivity (Wildman–Crippen MR) is 147 cm³/mol. The van der Waals surface area contributed by atoms with E-state index in [9.17, 15) is 9.59 Å². The van der Waals surface area contributed by atoms with E-state index in [1.807, 2.05) is 69.3 Å². The van der Waals surface area contributed by atoms with Crippen LogP contribution < -0.4 is 10.6 Å². The van der Waals surface area contributed by atoms with Crippen molar-refractivity contribution in [3.63, 3.8) is 0 Å². The van der Waals surface area contributed by atoms with Crippen molar-refractivity contribution in [3.8, 4) is 5.69 Å². The van der Waals surface area contributed by atoms with Crippen LogP contribution >= 0.6 is 0 Å². The van der Waals surface area contributed by atoms with Gasteiger partial charge >= 0.3 is 6.03 Å². The Hall–Kier alpha value is -3.61. The van der Waals surface area contributed by atoms with Gasteiger partial charge in [-0.2, -0.15) is 5.10 Å². The lowest BCUT2D eigenvalue weighted by Crippen LogP contribution is -2.41. The number of nitrogens with one attached hydrogen (secondary N) is 2. The van der Waals surface area contributed by atoms with Gasteiger partial charge in [-0.3, -0.25) is 4.79 Å². The van der Waals surface area contributed by atoms with Gasteiger partial charge in [0.1, 0.15) is 12.4 Å². The first-order chi connectivity index (χ1) is 17.0. The van der Waals surface area contributed by atoms with E-state index in [0.29, 0.717) is 12.4 Å². The first-order valence-electron chi connectivity index (χ1n) is 12.6. The number of hydrogen-bond donors (Lipinski definition) is 2. The van der Waals surface area contributed by atoms with Gasteiger partial charge in [0, 0.05) is 23.7 Å². The molecule has 1 aromatic heterocycles. The summed E-state index contributed by atoms with van der Waals surface area (Å²) in [6.07, 6.45) is 1.73. The zero-order chi connectivity index (χ0) is 26.5. The number of para-hydroxylation sites is 1. The van der Waals surface area contributed by atoms with Crippen LogP contribution in [0, 0.1) is 20.8 Å². The molecule has 192 valence electrons. The average Bonchev–Trinajstić information content (AvgIpc) is 3.23. The van der Waals surface area contributed by atoms with Gasteiger partial charge < -0.3 is 15.5 Å². The van der Waals surface area contributed by atoms with E-state index in [4.69, 9.17) is 5.10 Å². The highest BCUT2D eigenvalue weighted by atomic mass is 16.2. The molecule has 3 aromatic rings. The van der Waals surface area contributed by atoms with Crippen molar-refractivity contribution in [2.45, 2.75) is 66.7 Å². The summed E-state index contributed by atoms with van der Waals surface area (Å²) in [6.45, 7) is 14.8.